The zero-order valence-electron chi connectivity index (χ0n) is 18.6. The predicted octanol–water partition coefficient (Wildman–Crippen LogP) is 2.81. The van der Waals surface area contributed by atoms with E-state index < -0.39 is 17.5 Å². The second-order valence-electron chi connectivity index (χ2n) is 8.87. The third kappa shape index (κ3) is 3.90. The molecule has 5 rings (SSSR count). The predicted molar refractivity (Wildman–Crippen MR) is 120 cm³/mol. The standard InChI is InChI=1S/C25H27N3O5/c1-25(17-10-11-20-21(14-17)33-13-5-12-32-20)23(30)28(24(31)27-25)15-22(29)26-19-9-4-7-16-6-2-3-8-18(16)19/h2-3,6,8,10-11,14,19H,4-5,7,9,12-13,15H2,1H3,(H,26,29)(H,27,31)/t19-,25-/m1/s1. The highest BCUT2D eigenvalue weighted by Gasteiger charge is 2.50. The molecule has 1 aliphatic carbocycles. The number of rotatable bonds is 4. The summed E-state index contributed by atoms with van der Waals surface area (Å²) in [7, 11) is 0. The average molecular weight is 450 g/mol. The van der Waals surface area contributed by atoms with E-state index in [-0.39, 0.29) is 18.5 Å². The van der Waals surface area contributed by atoms with Gasteiger partial charge >= 0.3 is 6.03 Å². The monoisotopic (exact) mass is 449 g/mol. The third-order valence-corrected chi connectivity index (χ3v) is 6.61. The van der Waals surface area contributed by atoms with Crippen molar-refractivity contribution in [3.63, 3.8) is 0 Å². The quantitative estimate of drug-likeness (QED) is 0.700. The first-order valence-electron chi connectivity index (χ1n) is 11.4. The van der Waals surface area contributed by atoms with Crippen molar-refractivity contribution in [1.82, 2.24) is 15.5 Å². The SMILES string of the molecule is C[C@]1(c2ccc3c(c2)OCCCO3)NC(=O)N(CC(=O)N[C@@H]2CCCc3ccccc32)C1=O. The summed E-state index contributed by atoms with van der Waals surface area (Å²) >= 11 is 0. The molecule has 2 atom stereocenters. The van der Waals surface area contributed by atoms with Gasteiger partial charge in [-0.25, -0.2) is 4.79 Å². The molecule has 33 heavy (non-hydrogen) atoms. The summed E-state index contributed by atoms with van der Waals surface area (Å²) in [6.07, 6.45) is 3.57. The Balaban J connectivity index is 1.31. The Labute approximate surface area is 192 Å². The lowest BCUT2D eigenvalue weighted by molar-refractivity contribution is -0.135. The van der Waals surface area contributed by atoms with E-state index in [4.69, 9.17) is 9.47 Å². The molecule has 0 aromatic heterocycles. The molecule has 0 radical (unpaired) electrons. The van der Waals surface area contributed by atoms with Crippen LogP contribution in [0.5, 0.6) is 11.5 Å². The van der Waals surface area contributed by atoms with Gasteiger partial charge in [-0.05, 0) is 55.0 Å². The van der Waals surface area contributed by atoms with Crippen LogP contribution in [0.2, 0.25) is 0 Å². The van der Waals surface area contributed by atoms with Gasteiger partial charge in [0.1, 0.15) is 12.1 Å². The van der Waals surface area contributed by atoms with Crippen LogP contribution in [0.15, 0.2) is 42.5 Å². The Morgan fingerprint density at radius 3 is 2.76 bits per heavy atom. The molecule has 2 heterocycles. The van der Waals surface area contributed by atoms with Crippen LogP contribution < -0.4 is 20.1 Å². The molecule has 0 saturated carbocycles. The summed E-state index contributed by atoms with van der Waals surface area (Å²) in [5.74, 6) is 0.324. The molecule has 2 aliphatic heterocycles. The molecule has 2 aromatic carbocycles. The molecule has 8 heteroatoms. The van der Waals surface area contributed by atoms with Crippen molar-refractivity contribution in [3.8, 4) is 11.5 Å². The Morgan fingerprint density at radius 2 is 1.91 bits per heavy atom. The third-order valence-electron chi connectivity index (χ3n) is 6.61. The molecule has 2 N–H and O–H groups in total. The van der Waals surface area contributed by atoms with E-state index in [0.29, 0.717) is 30.3 Å². The van der Waals surface area contributed by atoms with E-state index in [1.165, 1.54) is 5.56 Å². The first-order chi connectivity index (χ1) is 16.0. The number of aryl methyl sites for hydroxylation is 1. The van der Waals surface area contributed by atoms with Crippen LogP contribution >= 0.6 is 0 Å². The number of ether oxygens (including phenoxy) is 2. The van der Waals surface area contributed by atoms with Gasteiger partial charge in [-0.1, -0.05) is 30.3 Å². The second kappa shape index (κ2) is 8.42. The topological polar surface area (TPSA) is 97.0 Å². The lowest BCUT2D eigenvalue weighted by atomic mass is 9.88. The van der Waals surface area contributed by atoms with Gasteiger partial charge in [0.2, 0.25) is 5.91 Å². The molecular weight excluding hydrogens is 422 g/mol. The Morgan fingerprint density at radius 1 is 1.12 bits per heavy atom. The van der Waals surface area contributed by atoms with Gasteiger partial charge in [-0.2, -0.15) is 0 Å². The van der Waals surface area contributed by atoms with Gasteiger partial charge in [0.15, 0.2) is 11.5 Å². The molecule has 3 aliphatic rings. The number of nitrogens with one attached hydrogen (secondary N) is 2. The van der Waals surface area contributed by atoms with Crippen LogP contribution in [0.4, 0.5) is 4.79 Å². The zero-order chi connectivity index (χ0) is 23.0. The smallest absolute Gasteiger partial charge is 0.325 e. The number of nitrogens with zero attached hydrogens (tertiary/aromatic N) is 1. The molecule has 0 spiro atoms. The van der Waals surface area contributed by atoms with E-state index in [0.717, 1.165) is 36.1 Å². The fourth-order valence-corrected chi connectivity index (χ4v) is 4.80. The summed E-state index contributed by atoms with van der Waals surface area (Å²) in [6.45, 7) is 2.39. The first kappa shape index (κ1) is 21.3. The number of benzene rings is 2. The summed E-state index contributed by atoms with van der Waals surface area (Å²) in [5.41, 5.74) is 1.62. The van der Waals surface area contributed by atoms with Crippen molar-refractivity contribution in [2.45, 2.75) is 44.2 Å². The molecule has 1 fully saturated rings. The molecule has 172 valence electrons. The average Bonchev–Trinajstić information content (AvgIpc) is 2.98. The van der Waals surface area contributed by atoms with Crippen LogP contribution in [0.3, 0.4) is 0 Å². The van der Waals surface area contributed by atoms with E-state index in [2.05, 4.69) is 16.7 Å². The summed E-state index contributed by atoms with van der Waals surface area (Å²) < 4.78 is 11.4. The molecule has 8 nitrogen and oxygen atoms in total. The summed E-state index contributed by atoms with van der Waals surface area (Å²) in [4.78, 5) is 39.8. The fraction of sp³-hybridized carbons (Fsp3) is 0.400. The van der Waals surface area contributed by atoms with E-state index in [1.807, 2.05) is 18.2 Å². The van der Waals surface area contributed by atoms with Crippen LogP contribution in [0, 0.1) is 0 Å². The highest BCUT2D eigenvalue weighted by Crippen LogP contribution is 2.36. The zero-order valence-corrected chi connectivity index (χ0v) is 18.6. The molecule has 1 saturated heterocycles. The highest BCUT2D eigenvalue weighted by atomic mass is 16.5. The van der Waals surface area contributed by atoms with Crippen LogP contribution in [-0.4, -0.2) is 42.5 Å². The van der Waals surface area contributed by atoms with Gasteiger partial charge < -0.3 is 20.1 Å². The maximum absolute atomic E-state index is 13.3. The lowest BCUT2D eigenvalue weighted by Gasteiger charge is -2.27. The van der Waals surface area contributed by atoms with Gasteiger partial charge in [-0.15, -0.1) is 0 Å². The molecular formula is C25H27N3O5. The van der Waals surface area contributed by atoms with Crippen molar-refractivity contribution in [1.29, 1.82) is 0 Å². The minimum absolute atomic E-state index is 0.115. The van der Waals surface area contributed by atoms with Crippen molar-refractivity contribution in [3.05, 3.63) is 59.2 Å². The summed E-state index contributed by atoms with van der Waals surface area (Å²) in [6, 6.07) is 12.6. The Bertz CT molecular complexity index is 1120. The van der Waals surface area contributed by atoms with Crippen molar-refractivity contribution in [2.75, 3.05) is 19.8 Å². The van der Waals surface area contributed by atoms with Gasteiger partial charge in [-0.3, -0.25) is 14.5 Å². The number of carbonyl (C=O) groups excluding carboxylic acids is 3. The minimum atomic E-state index is -1.29. The normalized spacial score (nSPS) is 24.0. The summed E-state index contributed by atoms with van der Waals surface area (Å²) in [5, 5.41) is 5.76. The second-order valence-corrected chi connectivity index (χ2v) is 8.87. The molecule has 0 unspecified atom stereocenters. The maximum Gasteiger partial charge on any atom is 0.325 e. The van der Waals surface area contributed by atoms with Crippen LogP contribution in [0.25, 0.3) is 0 Å². The van der Waals surface area contributed by atoms with Crippen molar-refractivity contribution in [2.24, 2.45) is 0 Å². The highest BCUT2D eigenvalue weighted by molar-refractivity contribution is 6.09. The van der Waals surface area contributed by atoms with E-state index in [9.17, 15) is 14.4 Å². The van der Waals surface area contributed by atoms with Crippen molar-refractivity contribution < 1.29 is 23.9 Å². The Hall–Kier alpha value is -3.55. The molecule has 2 aromatic rings. The fourth-order valence-electron chi connectivity index (χ4n) is 4.80. The van der Waals surface area contributed by atoms with Gasteiger partial charge in [0.25, 0.3) is 5.91 Å². The lowest BCUT2D eigenvalue weighted by Crippen LogP contribution is -2.44. The maximum atomic E-state index is 13.3. The van der Waals surface area contributed by atoms with Crippen molar-refractivity contribution >= 4 is 17.8 Å². The van der Waals surface area contributed by atoms with Gasteiger partial charge in [0.05, 0.1) is 19.3 Å². The van der Waals surface area contributed by atoms with Crippen LogP contribution in [-0.2, 0) is 21.5 Å². The number of amides is 4. The number of hydrogen-bond donors (Lipinski definition) is 2. The number of urea groups is 1. The minimum Gasteiger partial charge on any atom is -0.490 e. The number of imide groups is 1. The number of hydrogen-bond acceptors (Lipinski definition) is 5. The van der Waals surface area contributed by atoms with Crippen LogP contribution in [0.1, 0.15) is 48.9 Å². The Kier molecular flexibility index (Phi) is 5.44. The molecule has 4 amide bonds. The van der Waals surface area contributed by atoms with E-state index >= 15 is 0 Å². The first-order valence-corrected chi connectivity index (χ1v) is 11.4. The largest absolute Gasteiger partial charge is 0.490 e. The number of fused-ring (bicyclic) bond motifs is 2. The van der Waals surface area contributed by atoms with Gasteiger partial charge in [0, 0.05) is 6.42 Å². The number of carbonyl (C=O) groups is 3. The van der Waals surface area contributed by atoms with E-state index in [1.54, 1.807) is 25.1 Å². The molecule has 0 bridgehead atoms.